The van der Waals surface area contributed by atoms with E-state index in [0.29, 0.717) is 6.07 Å². The average Bonchev–Trinajstić information content (AvgIpc) is 2.29. The second-order valence-corrected chi connectivity index (χ2v) is 7.26. The normalized spacial score (nSPS) is 14.2. The van der Waals surface area contributed by atoms with E-state index in [1.165, 1.54) is 7.11 Å². The zero-order chi connectivity index (χ0) is 16.3. The van der Waals surface area contributed by atoms with E-state index in [1.807, 2.05) is 0 Å². The number of ether oxygens (including phenoxy) is 1. The van der Waals surface area contributed by atoms with Crippen LogP contribution in [0.15, 0.2) is 12.3 Å². The van der Waals surface area contributed by atoms with Gasteiger partial charge in [-0.15, -0.1) is 0 Å². The van der Waals surface area contributed by atoms with E-state index in [2.05, 4.69) is 4.98 Å². The maximum Gasteiger partial charge on any atom is 0.419 e. The number of alkyl halides is 3. The minimum absolute atomic E-state index is 0.0451. The fourth-order valence-electron chi connectivity index (χ4n) is 1.85. The quantitative estimate of drug-likeness (QED) is 0.744. The van der Waals surface area contributed by atoms with Crippen molar-refractivity contribution in [3.05, 3.63) is 28.5 Å². The minimum Gasteiger partial charge on any atom is -0.384 e. The van der Waals surface area contributed by atoms with E-state index in [9.17, 15) is 21.6 Å². The third-order valence-electron chi connectivity index (χ3n) is 2.58. The number of nitrogens with zero attached hydrogens (tertiary/aromatic N) is 1. The van der Waals surface area contributed by atoms with E-state index in [1.54, 1.807) is 6.92 Å². The van der Waals surface area contributed by atoms with E-state index >= 15 is 0 Å². The van der Waals surface area contributed by atoms with Crippen molar-refractivity contribution >= 4 is 21.4 Å². The molecule has 0 amide bonds. The molecule has 0 spiro atoms. The van der Waals surface area contributed by atoms with Crippen LogP contribution >= 0.6 is 11.6 Å². The first kappa shape index (κ1) is 18.2. The number of rotatable bonds is 6. The molecule has 0 aromatic carbocycles. The average molecular weight is 346 g/mol. The first-order valence-electron chi connectivity index (χ1n) is 5.96. The van der Waals surface area contributed by atoms with Gasteiger partial charge in [0, 0.05) is 19.9 Å². The summed E-state index contributed by atoms with van der Waals surface area (Å²) >= 11 is 5.38. The molecule has 1 unspecified atom stereocenters. The van der Waals surface area contributed by atoms with Crippen LogP contribution in [0.1, 0.15) is 18.1 Å². The molecule has 120 valence electrons. The molecular weight excluding hydrogens is 331 g/mol. The number of methoxy groups -OCH3 is 1. The fourth-order valence-corrected chi connectivity index (χ4v) is 3.81. The fraction of sp³-hybridized carbons (Fsp3) is 0.583. The molecule has 1 aromatic heterocycles. The van der Waals surface area contributed by atoms with Crippen molar-refractivity contribution in [2.24, 2.45) is 5.92 Å². The monoisotopic (exact) mass is 345 g/mol. The molecule has 0 aliphatic heterocycles. The number of halogens is 4. The van der Waals surface area contributed by atoms with Crippen molar-refractivity contribution in [2.45, 2.75) is 18.9 Å². The Balaban J connectivity index is 2.93. The van der Waals surface area contributed by atoms with Crippen LogP contribution < -0.4 is 0 Å². The lowest BCUT2D eigenvalue weighted by atomic mass is 10.2. The van der Waals surface area contributed by atoms with Crippen molar-refractivity contribution in [2.75, 3.05) is 19.5 Å². The summed E-state index contributed by atoms with van der Waals surface area (Å²) in [5.74, 6) is -0.943. The Kier molecular flexibility index (Phi) is 6.01. The van der Waals surface area contributed by atoms with Crippen LogP contribution in [0.2, 0.25) is 5.15 Å². The molecule has 0 bridgehead atoms. The minimum atomic E-state index is -4.67. The van der Waals surface area contributed by atoms with Gasteiger partial charge in [-0.2, -0.15) is 13.2 Å². The van der Waals surface area contributed by atoms with Gasteiger partial charge < -0.3 is 4.74 Å². The molecule has 1 aromatic rings. The number of pyridine rings is 1. The molecule has 0 N–H and O–H groups in total. The van der Waals surface area contributed by atoms with Crippen molar-refractivity contribution in [3.8, 4) is 0 Å². The molecule has 9 heteroatoms. The Morgan fingerprint density at radius 3 is 2.57 bits per heavy atom. The maximum absolute atomic E-state index is 12.7. The SMILES string of the molecule is COCC(C)CS(=O)(=O)Cc1cnc(Cl)c(C(F)(F)F)c1. The zero-order valence-corrected chi connectivity index (χ0v) is 13.0. The van der Waals surface area contributed by atoms with E-state index in [0.717, 1.165) is 6.20 Å². The molecule has 0 radical (unpaired) electrons. The highest BCUT2D eigenvalue weighted by atomic mass is 35.5. The molecular formula is C12H15ClF3NO3S. The lowest BCUT2D eigenvalue weighted by Gasteiger charge is -2.12. The standard InChI is InChI=1S/C12H15ClF3NO3S/c1-8(5-20-2)6-21(18,19)7-9-3-10(12(14,15)16)11(13)17-4-9/h3-4,8H,5-7H2,1-2H3. The third-order valence-corrected chi connectivity index (χ3v) is 4.73. The Hall–Kier alpha value is -0.860. The van der Waals surface area contributed by atoms with E-state index < -0.39 is 32.5 Å². The van der Waals surface area contributed by atoms with E-state index in [-0.39, 0.29) is 23.8 Å². The highest BCUT2D eigenvalue weighted by Crippen LogP contribution is 2.34. The number of aromatic nitrogens is 1. The molecule has 1 heterocycles. The summed E-state index contributed by atoms with van der Waals surface area (Å²) in [5, 5.41) is -0.698. The van der Waals surface area contributed by atoms with Gasteiger partial charge in [-0.25, -0.2) is 13.4 Å². The highest BCUT2D eigenvalue weighted by Gasteiger charge is 2.34. The van der Waals surface area contributed by atoms with Gasteiger partial charge in [-0.1, -0.05) is 18.5 Å². The largest absolute Gasteiger partial charge is 0.419 e. The van der Waals surface area contributed by atoms with Gasteiger partial charge in [-0.05, 0) is 17.5 Å². The third kappa shape index (κ3) is 5.80. The summed E-state index contributed by atoms with van der Waals surface area (Å²) in [7, 11) is -2.12. The molecule has 1 atom stereocenters. The molecule has 4 nitrogen and oxygen atoms in total. The van der Waals surface area contributed by atoms with Crippen LogP contribution in [0, 0.1) is 5.92 Å². The maximum atomic E-state index is 12.7. The Bertz CT molecular complexity index is 590. The van der Waals surface area contributed by atoms with Gasteiger partial charge in [-0.3, -0.25) is 0 Å². The number of hydrogen-bond acceptors (Lipinski definition) is 4. The van der Waals surface area contributed by atoms with E-state index in [4.69, 9.17) is 16.3 Å². The Labute approximate surface area is 126 Å². The summed E-state index contributed by atoms with van der Waals surface area (Å²) in [6.07, 6.45) is -3.64. The predicted molar refractivity (Wildman–Crippen MR) is 72.8 cm³/mol. The van der Waals surface area contributed by atoms with Gasteiger partial charge in [0.2, 0.25) is 0 Å². The van der Waals surface area contributed by atoms with Crippen molar-refractivity contribution in [1.82, 2.24) is 4.98 Å². The highest BCUT2D eigenvalue weighted by molar-refractivity contribution is 7.90. The van der Waals surface area contributed by atoms with Crippen LogP contribution in [0.3, 0.4) is 0 Å². The Morgan fingerprint density at radius 1 is 1.43 bits per heavy atom. The van der Waals surface area contributed by atoms with Crippen molar-refractivity contribution < 1.29 is 26.3 Å². The lowest BCUT2D eigenvalue weighted by molar-refractivity contribution is -0.137. The van der Waals surface area contributed by atoms with Gasteiger partial charge in [0.25, 0.3) is 0 Å². The molecule has 0 saturated heterocycles. The summed E-state index contributed by atoms with van der Waals surface area (Å²) < 4.78 is 66.7. The summed E-state index contributed by atoms with van der Waals surface area (Å²) in [6, 6.07) is 0.716. The van der Waals surface area contributed by atoms with Gasteiger partial charge in [0.1, 0.15) is 5.15 Å². The molecule has 21 heavy (non-hydrogen) atoms. The lowest BCUT2D eigenvalue weighted by Crippen LogP contribution is -2.19. The summed E-state index contributed by atoms with van der Waals surface area (Å²) in [5.41, 5.74) is -1.18. The predicted octanol–water partition coefficient (Wildman–Crippen LogP) is 2.95. The van der Waals surface area contributed by atoms with Gasteiger partial charge in [0.15, 0.2) is 9.84 Å². The molecule has 0 aliphatic carbocycles. The number of sulfone groups is 1. The van der Waals surface area contributed by atoms with Crippen molar-refractivity contribution in [1.29, 1.82) is 0 Å². The van der Waals surface area contributed by atoms with Gasteiger partial charge >= 0.3 is 6.18 Å². The Morgan fingerprint density at radius 2 is 2.05 bits per heavy atom. The first-order chi connectivity index (χ1) is 9.55. The van der Waals surface area contributed by atoms with Crippen LogP contribution in [0.4, 0.5) is 13.2 Å². The van der Waals surface area contributed by atoms with Crippen molar-refractivity contribution in [3.63, 3.8) is 0 Å². The second-order valence-electron chi connectivity index (χ2n) is 4.79. The summed E-state index contributed by atoms with van der Waals surface area (Å²) in [6.45, 7) is 1.94. The molecule has 0 aliphatic rings. The number of hydrogen-bond donors (Lipinski definition) is 0. The van der Waals surface area contributed by atoms with Crippen LogP contribution in [0.5, 0.6) is 0 Å². The second kappa shape index (κ2) is 6.93. The topological polar surface area (TPSA) is 56.3 Å². The van der Waals surface area contributed by atoms with Gasteiger partial charge in [0.05, 0.1) is 17.1 Å². The van der Waals surface area contributed by atoms with Crippen LogP contribution in [-0.4, -0.2) is 32.9 Å². The zero-order valence-electron chi connectivity index (χ0n) is 11.4. The summed E-state index contributed by atoms with van der Waals surface area (Å²) in [4.78, 5) is 3.40. The first-order valence-corrected chi connectivity index (χ1v) is 8.16. The molecule has 0 saturated carbocycles. The van der Waals surface area contributed by atoms with Crippen LogP contribution in [0.25, 0.3) is 0 Å². The molecule has 1 rings (SSSR count). The van der Waals surface area contributed by atoms with Crippen LogP contribution in [-0.2, 0) is 26.5 Å². The molecule has 0 fully saturated rings. The smallest absolute Gasteiger partial charge is 0.384 e.